The van der Waals surface area contributed by atoms with Crippen molar-refractivity contribution < 1.29 is 14.3 Å². The summed E-state index contributed by atoms with van der Waals surface area (Å²) in [6.07, 6.45) is -0.642. The van der Waals surface area contributed by atoms with E-state index in [1.54, 1.807) is 13.8 Å². The predicted octanol–water partition coefficient (Wildman–Crippen LogP) is 1.42. The molecule has 0 aliphatic rings. The maximum absolute atomic E-state index is 11.5. The average molecular weight is 250 g/mol. The maximum atomic E-state index is 11.5. The van der Waals surface area contributed by atoms with Crippen molar-refractivity contribution in [1.29, 1.82) is 0 Å². The second-order valence-electron chi connectivity index (χ2n) is 4.33. The van der Waals surface area contributed by atoms with E-state index in [1.807, 2.05) is 30.3 Å². The molecule has 5 heteroatoms. The maximum Gasteiger partial charge on any atom is 0.408 e. The van der Waals surface area contributed by atoms with E-state index in [0.717, 1.165) is 5.56 Å². The summed E-state index contributed by atoms with van der Waals surface area (Å²) < 4.78 is 5.00. The van der Waals surface area contributed by atoms with Crippen LogP contribution in [0.5, 0.6) is 0 Å². The van der Waals surface area contributed by atoms with Gasteiger partial charge in [-0.25, -0.2) is 4.79 Å². The molecule has 0 saturated heterocycles. The average Bonchev–Trinajstić information content (AvgIpc) is 2.34. The SMILES string of the molecule is CC(C)[C@@H](NC(=O)OCc1ccccc1)C(N)=O. The first kappa shape index (κ1) is 14.0. The van der Waals surface area contributed by atoms with Crippen LogP contribution in [0.25, 0.3) is 0 Å². The number of nitrogens with one attached hydrogen (secondary N) is 1. The zero-order chi connectivity index (χ0) is 13.5. The number of carbonyl (C=O) groups excluding carboxylic acids is 2. The fourth-order valence-corrected chi connectivity index (χ4v) is 1.46. The van der Waals surface area contributed by atoms with Crippen LogP contribution in [0.1, 0.15) is 19.4 Å². The Balaban J connectivity index is 2.44. The molecule has 1 aromatic rings. The molecule has 18 heavy (non-hydrogen) atoms. The van der Waals surface area contributed by atoms with E-state index in [0.29, 0.717) is 0 Å². The number of benzene rings is 1. The van der Waals surface area contributed by atoms with E-state index < -0.39 is 18.0 Å². The minimum absolute atomic E-state index is 0.0771. The molecule has 5 nitrogen and oxygen atoms in total. The van der Waals surface area contributed by atoms with Gasteiger partial charge >= 0.3 is 6.09 Å². The Bertz CT molecular complexity index is 404. The number of ether oxygens (including phenoxy) is 1. The molecule has 1 aromatic carbocycles. The zero-order valence-corrected chi connectivity index (χ0v) is 10.6. The van der Waals surface area contributed by atoms with Crippen molar-refractivity contribution in [2.75, 3.05) is 0 Å². The van der Waals surface area contributed by atoms with Gasteiger partial charge in [-0.1, -0.05) is 44.2 Å². The summed E-state index contributed by atoms with van der Waals surface area (Å²) in [5, 5.41) is 2.45. The van der Waals surface area contributed by atoms with Gasteiger partial charge in [-0.3, -0.25) is 4.79 Å². The molecular weight excluding hydrogens is 232 g/mol. The van der Waals surface area contributed by atoms with Crippen LogP contribution in [0.4, 0.5) is 4.79 Å². The van der Waals surface area contributed by atoms with Gasteiger partial charge in [0, 0.05) is 0 Å². The summed E-state index contributed by atoms with van der Waals surface area (Å²) in [7, 11) is 0. The van der Waals surface area contributed by atoms with Gasteiger partial charge in [0.25, 0.3) is 0 Å². The first-order valence-electron chi connectivity index (χ1n) is 5.77. The highest BCUT2D eigenvalue weighted by atomic mass is 16.5. The van der Waals surface area contributed by atoms with Crippen LogP contribution in [-0.4, -0.2) is 18.0 Å². The lowest BCUT2D eigenvalue weighted by Crippen LogP contribution is -2.47. The molecule has 0 aliphatic heterocycles. The highest BCUT2D eigenvalue weighted by molar-refractivity contribution is 5.84. The van der Waals surface area contributed by atoms with Gasteiger partial charge in [0.2, 0.25) is 5.91 Å². The molecule has 0 radical (unpaired) electrons. The summed E-state index contributed by atoms with van der Waals surface area (Å²) >= 11 is 0. The van der Waals surface area contributed by atoms with E-state index in [9.17, 15) is 9.59 Å². The number of carbonyl (C=O) groups is 2. The van der Waals surface area contributed by atoms with Crippen LogP contribution >= 0.6 is 0 Å². The van der Waals surface area contributed by atoms with Crippen LogP contribution in [0.15, 0.2) is 30.3 Å². The quantitative estimate of drug-likeness (QED) is 0.829. The Labute approximate surface area is 106 Å². The molecule has 98 valence electrons. The third-order valence-electron chi connectivity index (χ3n) is 2.46. The second kappa shape index (κ2) is 6.64. The van der Waals surface area contributed by atoms with Crippen molar-refractivity contribution in [2.45, 2.75) is 26.5 Å². The largest absolute Gasteiger partial charge is 0.445 e. The molecular formula is C13H18N2O3. The fraction of sp³-hybridized carbons (Fsp3) is 0.385. The second-order valence-corrected chi connectivity index (χ2v) is 4.33. The third kappa shape index (κ3) is 4.45. The summed E-state index contributed by atoms with van der Waals surface area (Å²) in [5.74, 6) is -0.645. The van der Waals surface area contributed by atoms with Gasteiger partial charge in [-0.05, 0) is 11.5 Å². The first-order valence-corrected chi connectivity index (χ1v) is 5.77. The van der Waals surface area contributed by atoms with E-state index in [-0.39, 0.29) is 12.5 Å². The van der Waals surface area contributed by atoms with Crippen LogP contribution in [0.2, 0.25) is 0 Å². The Hall–Kier alpha value is -2.04. The van der Waals surface area contributed by atoms with Gasteiger partial charge in [0.15, 0.2) is 0 Å². The lowest BCUT2D eigenvalue weighted by Gasteiger charge is -2.18. The summed E-state index contributed by atoms with van der Waals surface area (Å²) in [6.45, 7) is 3.76. The summed E-state index contributed by atoms with van der Waals surface area (Å²) in [4.78, 5) is 22.6. The summed E-state index contributed by atoms with van der Waals surface area (Å²) in [5.41, 5.74) is 6.07. The van der Waals surface area contributed by atoms with E-state index in [1.165, 1.54) is 0 Å². The fourth-order valence-electron chi connectivity index (χ4n) is 1.46. The molecule has 1 rings (SSSR count). The van der Waals surface area contributed by atoms with Crippen molar-refractivity contribution in [3.8, 4) is 0 Å². The summed E-state index contributed by atoms with van der Waals surface area (Å²) in [6, 6.07) is 8.58. The van der Waals surface area contributed by atoms with Crippen molar-refractivity contribution in [3.63, 3.8) is 0 Å². The van der Waals surface area contributed by atoms with E-state index >= 15 is 0 Å². The number of rotatable bonds is 5. The molecule has 0 aliphatic carbocycles. The van der Waals surface area contributed by atoms with E-state index in [2.05, 4.69) is 5.32 Å². The van der Waals surface area contributed by atoms with Crippen LogP contribution in [0, 0.1) is 5.92 Å². The molecule has 0 saturated carbocycles. The molecule has 0 aromatic heterocycles. The molecule has 0 unspecified atom stereocenters. The minimum Gasteiger partial charge on any atom is -0.445 e. The molecule has 3 N–H and O–H groups in total. The van der Waals surface area contributed by atoms with Crippen LogP contribution in [0.3, 0.4) is 0 Å². The molecule has 0 bridgehead atoms. The Morgan fingerprint density at radius 2 is 1.89 bits per heavy atom. The van der Waals surface area contributed by atoms with E-state index in [4.69, 9.17) is 10.5 Å². The van der Waals surface area contributed by atoms with Gasteiger partial charge in [-0.2, -0.15) is 0 Å². The van der Waals surface area contributed by atoms with Gasteiger partial charge in [0.05, 0.1) is 0 Å². The normalized spacial score (nSPS) is 11.9. The Morgan fingerprint density at radius 1 is 1.28 bits per heavy atom. The molecule has 0 spiro atoms. The highest BCUT2D eigenvalue weighted by Gasteiger charge is 2.22. The predicted molar refractivity (Wildman–Crippen MR) is 67.6 cm³/mol. The number of alkyl carbamates (subject to hydrolysis) is 1. The van der Waals surface area contributed by atoms with Crippen LogP contribution < -0.4 is 11.1 Å². The molecule has 1 atom stereocenters. The topological polar surface area (TPSA) is 81.4 Å². The lowest BCUT2D eigenvalue weighted by molar-refractivity contribution is -0.120. The minimum atomic E-state index is -0.715. The van der Waals surface area contributed by atoms with Crippen molar-refractivity contribution >= 4 is 12.0 Å². The zero-order valence-electron chi connectivity index (χ0n) is 10.6. The first-order chi connectivity index (χ1) is 8.50. The molecule has 0 fully saturated rings. The van der Waals surface area contributed by atoms with Gasteiger partial charge in [0.1, 0.15) is 12.6 Å². The molecule has 0 heterocycles. The van der Waals surface area contributed by atoms with Crippen molar-refractivity contribution in [1.82, 2.24) is 5.32 Å². The number of hydrogen-bond acceptors (Lipinski definition) is 3. The Kier molecular flexibility index (Phi) is 5.17. The van der Waals surface area contributed by atoms with Gasteiger partial charge < -0.3 is 15.8 Å². The Morgan fingerprint density at radius 3 is 2.39 bits per heavy atom. The number of amides is 2. The number of hydrogen-bond donors (Lipinski definition) is 2. The van der Waals surface area contributed by atoms with Crippen LogP contribution in [-0.2, 0) is 16.1 Å². The van der Waals surface area contributed by atoms with Crippen molar-refractivity contribution in [3.05, 3.63) is 35.9 Å². The van der Waals surface area contributed by atoms with Crippen molar-refractivity contribution in [2.24, 2.45) is 11.7 Å². The lowest BCUT2D eigenvalue weighted by atomic mass is 10.0. The smallest absolute Gasteiger partial charge is 0.408 e. The third-order valence-corrected chi connectivity index (χ3v) is 2.46. The number of nitrogens with two attached hydrogens (primary N) is 1. The molecule has 2 amide bonds. The van der Waals surface area contributed by atoms with Gasteiger partial charge in [-0.15, -0.1) is 0 Å². The standard InChI is InChI=1S/C13H18N2O3/c1-9(2)11(12(14)16)15-13(17)18-8-10-6-4-3-5-7-10/h3-7,9,11H,8H2,1-2H3,(H2,14,16)(H,15,17)/t11-/m1/s1. The number of primary amides is 1. The highest BCUT2D eigenvalue weighted by Crippen LogP contribution is 2.03. The monoisotopic (exact) mass is 250 g/mol.